The van der Waals surface area contributed by atoms with Crippen molar-refractivity contribution in [1.82, 2.24) is 30.3 Å². The van der Waals surface area contributed by atoms with E-state index in [0.717, 1.165) is 96.5 Å². The van der Waals surface area contributed by atoms with E-state index in [-0.39, 0.29) is 29.1 Å². The van der Waals surface area contributed by atoms with Crippen LogP contribution in [0.5, 0.6) is 0 Å². The van der Waals surface area contributed by atoms with Gasteiger partial charge < -0.3 is 36.5 Å². The number of hydrogen-bond acceptors (Lipinski definition) is 10. The molecule has 2 amide bonds. The van der Waals surface area contributed by atoms with Gasteiger partial charge in [0.25, 0.3) is 0 Å². The molecule has 300 valence electrons. The van der Waals surface area contributed by atoms with Crippen molar-refractivity contribution < 1.29 is 14.4 Å². The number of fused-ring (bicyclic) bond motifs is 4. The van der Waals surface area contributed by atoms with Gasteiger partial charge in [0, 0.05) is 85.0 Å². The van der Waals surface area contributed by atoms with E-state index in [1.54, 1.807) is 12.3 Å². The molecule has 0 saturated carbocycles. The third kappa shape index (κ3) is 7.85. The maximum atomic E-state index is 14.1. The smallest absolute Gasteiger partial charge is 0.237 e. The number of carbonyl (C=O) groups is 3. The van der Waals surface area contributed by atoms with Gasteiger partial charge in [-0.05, 0) is 91.1 Å². The van der Waals surface area contributed by atoms with Gasteiger partial charge in [-0.3, -0.25) is 14.4 Å². The maximum absolute atomic E-state index is 14.1. The van der Waals surface area contributed by atoms with E-state index in [0.29, 0.717) is 49.3 Å². The summed E-state index contributed by atoms with van der Waals surface area (Å²) in [7, 11) is 0. The quantitative estimate of drug-likeness (QED) is 0.160. The minimum atomic E-state index is -0.602. The number of aromatic nitrogens is 3. The highest BCUT2D eigenvalue weighted by Crippen LogP contribution is 2.46. The van der Waals surface area contributed by atoms with E-state index < -0.39 is 11.5 Å². The number of rotatable bonds is 12. The Morgan fingerprint density at radius 1 is 1.07 bits per heavy atom. The number of benzene rings is 2. The fraction of sp³-hybridized carbons (Fsp3) is 0.500. The Balaban J connectivity index is 0.906. The Hall–Kier alpha value is -5.32. The Morgan fingerprint density at radius 2 is 1.84 bits per heavy atom. The lowest BCUT2D eigenvalue weighted by atomic mass is 9.70. The zero-order valence-corrected chi connectivity index (χ0v) is 34.0. The van der Waals surface area contributed by atoms with E-state index >= 15 is 0 Å². The monoisotopic (exact) mass is 772 g/mol. The number of H-pyrrole nitrogens is 1. The van der Waals surface area contributed by atoms with E-state index in [1.807, 2.05) is 23.1 Å². The number of hydrogen-bond donors (Lipinski definition) is 4. The first kappa shape index (κ1) is 39.9. The van der Waals surface area contributed by atoms with Crippen molar-refractivity contribution in [1.29, 1.82) is 5.26 Å². The number of anilines is 2. The number of nitrogen functional groups attached to an aromatic ring is 1. The minimum Gasteiger partial charge on any atom is -0.382 e. The predicted octanol–water partition coefficient (Wildman–Crippen LogP) is 4.45. The number of carbonyl (C=O) groups excluding carboxylic acids is 3. The van der Waals surface area contributed by atoms with Gasteiger partial charge in [-0.1, -0.05) is 40.7 Å². The molecule has 2 aliphatic heterocycles. The Bertz CT molecular complexity index is 2230. The molecule has 0 radical (unpaired) electrons. The number of amides is 2. The lowest BCUT2D eigenvalue weighted by Gasteiger charge is -2.39. The van der Waals surface area contributed by atoms with Gasteiger partial charge in [0.2, 0.25) is 11.8 Å². The van der Waals surface area contributed by atoms with Gasteiger partial charge in [0.15, 0.2) is 5.78 Å². The van der Waals surface area contributed by atoms with Crippen LogP contribution in [-0.4, -0.2) is 100 Å². The summed E-state index contributed by atoms with van der Waals surface area (Å²) in [5.41, 5.74) is 19.4. The fourth-order valence-corrected chi connectivity index (χ4v) is 9.14. The second-order valence-corrected chi connectivity index (χ2v) is 17.3. The number of aryl methyl sites for hydroxylation is 2. The molecule has 2 saturated heterocycles. The van der Waals surface area contributed by atoms with Crippen molar-refractivity contribution in [2.75, 3.05) is 56.4 Å². The lowest BCUT2D eigenvalue weighted by molar-refractivity contribution is -0.131. The maximum Gasteiger partial charge on any atom is 0.237 e. The average Bonchev–Trinajstić information content (AvgIpc) is 3.73. The normalized spacial score (nSPS) is 19.2. The van der Waals surface area contributed by atoms with Crippen LogP contribution < -0.4 is 21.7 Å². The molecule has 3 aliphatic rings. The third-order valence-corrected chi connectivity index (χ3v) is 12.6. The minimum absolute atomic E-state index is 0.0161. The van der Waals surface area contributed by atoms with Gasteiger partial charge in [-0.2, -0.15) is 10.4 Å². The summed E-state index contributed by atoms with van der Waals surface area (Å²) in [6.45, 7) is 15.9. The van der Waals surface area contributed by atoms with Gasteiger partial charge >= 0.3 is 0 Å². The van der Waals surface area contributed by atoms with Crippen LogP contribution in [0.3, 0.4) is 0 Å². The number of likely N-dealkylation sites (tertiary alicyclic amines) is 1. The topological polar surface area (TPSA) is 190 Å². The zero-order chi connectivity index (χ0) is 40.6. The number of nitrogens with two attached hydrogens (primary N) is 2. The van der Waals surface area contributed by atoms with E-state index in [1.165, 1.54) is 0 Å². The van der Waals surface area contributed by atoms with Gasteiger partial charge in [0.1, 0.15) is 5.82 Å². The number of nitrogens with zero attached hydrogens (tertiary/aromatic N) is 6. The van der Waals surface area contributed by atoms with Crippen LogP contribution in [0.4, 0.5) is 11.5 Å². The summed E-state index contributed by atoms with van der Waals surface area (Å²) in [5.74, 6) is 0.464. The summed E-state index contributed by atoms with van der Waals surface area (Å²) >= 11 is 0. The largest absolute Gasteiger partial charge is 0.382 e. The molecule has 0 bridgehead atoms. The molecule has 1 aliphatic carbocycles. The third-order valence-electron chi connectivity index (χ3n) is 12.6. The number of nitrogens with one attached hydrogen (secondary N) is 2. The fourth-order valence-electron chi connectivity index (χ4n) is 9.14. The molecule has 57 heavy (non-hydrogen) atoms. The SMILES string of the molecule is CCc1cc2c(cc1N1CCN(C(=O)CCCN3C[C@H](NC(=O)[C@@H](N)CCCc4ccnnc4N)C(C)(C)C3)CC1)C(C)(C)c1[nH]c3cc(C#N)ccc3c1C2=O. The highest BCUT2D eigenvalue weighted by molar-refractivity contribution is 6.20. The number of aromatic amines is 1. The summed E-state index contributed by atoms with van der Waals surface area (Å²) in [5, 5.41) is 21.2. The summed E-state index contributed by atoms with van der Waals surface area (Å²) in [4.78, 5) is 50.8. The van der Waals surface area contributed by atoms with Crippen molar-refractivity contribution in [3.05, 3.63) is 81.7 Å². The van der Waals surface area contributed by atoms with Crippen molar-refractivity contribution in [2.45, 2.75) is 90.6 Å². The lowest BCUT2D eigenvalue weighted by Crippen LogP contribution is -2.50. The van der Waals surface area contributed by atoms with Gasteiger partial charge in [0.05, 0.1) is 29.4 Å². The van der Waals surface area contributed by atoms with Crippen molar-refractivity contribution in [3.63, 3.8) is 0 Å². The zero-order valence-electron chi connectivity index (χ0n) is 34.0. The van der Waals surface area contributed by atoms with E-state index in [4.69, 9.17) is 11.5 Å². The Kier molecular flexibility index (Phi) is 11.1. The van der Waals surface area contributed by atoms with Crippen LogP contribution in [0.15, 0.2) is 42.6 Å². The molecular formula is C44H56N10O3. The molecule has 2 aromatic heterocycles. The second kappa shape index (κ2) is 15.9. The average molecular weight is 773 g/mol. The molecule has 7 rings (SSSR count). The summed E-state index contributed by atoms with van der Waals surface area (Å²) < 4.78 is 0. The Morgan fingerprint density at radius 3 is 2.56 bits per heavy atom. The van der Waals surface area contributed by atoms with Crippen LogP contribution in [-0.2, 0) is 27.8 Å². The first-order chi connectivity index (χ1) is 27.2. The number of piperazine rings is 1. The molecule has 6 N–H and O–H groups in total. The molecule has 2 atom stereocenters. The molecule has 13 nitrogen and oxygen atoms in total. The molecule has 4 heterocycles. The summed E-state index contributed by atoms with van der Waals surface area (Å²) in [6.07, 6.45) is 5.60. The van der Waals surface area contributed by atoms with Crippen LogP contribution in [0.25, 0.3) is 10.9 Å². The molecule has 4 aromatic rings. The van der Waals surface area contributed by atoms with Crippen LogP contribution in [0.1, 0.15) is 104 Å². The van der Waals surface area contributed by atoms with Crippen LogP contribution in [0.2, 0.25) is 0 Å². The molecular weight excluding hydrogens is 717 g/mol. The van der Waals surface area contributed by atoms with Crippen molar-refractivity contribution >= 4 is 40.0 Å². The first-order valence-electron chi connectivity index (χ1n) is 20.4. The molecule has 2 fully saturated rings. The number of nitriles is 1. The van der Waals surface area contributed by atoms with E-state index in [2.05, 4.69) is 83.1 Å². The number of ketones is 1. The van der Waals surface area contributed by atoms with Gasteiger partial charge in [-0.25, -0.2) is 0 Å². The second-order valence-electron chi connectivity index (χ2n) is 17.3. The van der Waals surface area contributed by atoms with Crippen molar-refractivity contribution in [3.8, 4) is 6.07 Å². The first-order valence-corrected chi connectivity index (χ1v) is 20.4. The van der Waals surface area contributed by atoms with E-state index in [9.17, 15) is 19.6 Å². The van der Waals surface area contributed by atoms with Crippen molar-refractivity contribution in [2.24, 2.45) is 11.1 Å². The Labute approximate surface area is 335 Å². The standard InChI is InChI=1S/C44H56N10O3/c1-6-28-22-31-32(44(4,5)40-38(39(31)56)30-13-12-27(24-45)21-34(30)49-40)23-35(28)53-17-19-54(20-18-53)37(55)11-8-16-52-25-36(43(2,3)26-52)50-42(57)33(46)10-7-9-29-14-15-48-51-41(29)47/h12-15,21-23,33,36,49H,6-11,16-20,25-26,46H2,1-5H3,(H2,47,51)(H,50,57)/t33-,36-/m0/s1. The summed E-state index contributed by atoms with van der Waals surface area (Å²) in [6, 6.07) is 13.2. The molecule has 13 heteroatoms. The molecule has 0 spiro atoms. The highest BCUT2D eigenvalue weighted by Gasteiger charge is 2.42. The van der Waals surface area contributed by atoms with Crippen LogP contribution >= 0.6 is 0 Å². The molecule has 2 aromatic carbocycles. The predicted molar refractivity (Wildman–Crippen MR) is 222 cm³/mol. The molecule has 0 unspecified atom stereocenters. The highest BCUT2D eigenvalue weighted by atomic mass is 16.2. The van der Waals surface area contributed by atoms with Gasteiger partial charge in [-0.15, -0.1) is 5.10 Å². The van der Waals surface area contributed by atoms with Crippen LogP contribution in [0, 0.1) is 16.7 Å².